The van der Waals surface area contributed by atoms with Gasteiger partial charge in [0, 0.05) is 30.6 Å². The predicted molar refractivity (Wildman–Crippen MR) is 77.2 cm³/mol. The summed E-state index contributed by atoms with van der Waals surface area (Å²) in [6, 6.07) is 9.31. The summed E-state index contributed by atoms with van der Waals surface area (Å²) >= 11 is 0. The van der Waals surface area contributed by atoms with Crippen molar-refractivity contribution in [3.63, 3.8) is 0 Å². The van der Waals surface area contributed by atoms with E-state index in [0.717, 1.165) is 25.3 Å². The molecule has 3 unspecified atom stereocenters. The number of fused-ring (bicyclic) bond motifs is 1. The van der Waals surface area contributed by atoms with Crippen molar-refractivity contribution >= 4 is 0 Å². The molecule has 3 heteroatoms. The van der Waals surface area contributed by atoms with E-state index in [1.54, 1.807) is 0 Å². The third-order valence-corrected chi connectivity index (χ3v) is 4.60. The Balaban J connectivity index is 1.79. The maximum absolute atomic E-state index is 6.10. The molecule has 0 amide bonds. The van der Waals surface area contributed by atoms with Crippen LogP contribution in [0.5, 0.6) is 5.75 Å². The molecule has 0 spiro atoms. The number of ether oxygens (including phenoxy) is 1. The highest BCUT2D eigenvalue weighted by Crippen LogP contribution is 2.37. The summed E-state index contributed by atoms with van der Waals surface area (Å²) in [5.41, 5.74) is 7.46. The molecule has 1 saturated heterocycles. The van der Waals surface area contributed by atoms with Gasteiger partial charge in [-0.25, -0.2) is 0 Å². The Morgan fingerprint density at radius 2 is 2.16 bits per heavy atom. The minimum atomic E-state index is 0.304. The number of benzene rings is 1. The lowest BCUT2D eigenvalue weighted by atomic mass is 9.89. The first-order valence-corrected chi connectivity index (χ1v) is 7.47. The first-order valence-electron chi connectivity index (χ1n) is 7.47. The average Bonchev–Trinajstić information content (AvgIpc) is 2.47. The molecule has 0 bridgehead atoms. The smallest absolute Gasteiger partial charge is 0.124 e. The van der Waals surface area contributed by atoms with Crippen molar-refractivity contribution in [1.82, 2.24) is 4.90 Å². The van der Waals surface area contributed by atoms with Gasteiger partial charge in [0.05, 0.1) is 6.61 Å². The standard InChI is InChI=1S/C16H24N2O/c1-12(17)13-5-4-9-18(11-13)15-8-10-19-16-7-3-2-6-14(15)16/h2-3,6-7,12-13,15H,4-5,8-11,17H2,1H3. The largest absolute Gasteiger partial charge is 0.493 e. The Hall–Kier alpha value is -1.06. The number of hydrogen-bond acceptors (Lipinski definition) is 3. The molecule has 19 heavy (non-hydrogen) atoms. The zero-order chi connectivity index (χ0) is 13.2. The van der Waals surface area contributed by atoms with E-state index in [1.165, 1.54) is 24.9 Å². The fourth-order valence-corrected chi connectivity index (χ4v) is 3.46. The number of hydrogen-bond donors (Lipinski definition) is 1. The molecule has 1 fully saturated rings. The molecule has 2 N–H and O–H groups in total. The third-order valence-electron chi connectivity index (χ3n) is 4.60. The number of nitrogens with two attached hydrogens (primary N) is 1. The van der Waals surface area contributed by atoms with Gasteiger partial charge in [-0.05, 0) is 38.3 Å². The van der Waals surface area contributed by atoms with Gasteiger partial charge in [-0.15, -0.1) is 0 Å². The third kappa shape index (κ3) is 2.63. The van der Waals surface area contributed by atoms with Crippen molar-refractivity contribution in [3.8, 4) is 5.75 Å². The molecule has 104 valence electrons. The van der Waals surface area contributed by atoms with Gasteiger partial charge in [0.1, 0.15) is 5.75 Å². The van der Waals surface area contributed by atoms with Crippen LogP contribution < -0.4 is 10.5 Å². The zero-order valence-electron chi connectivity index (χ0n) is 11.7. The molecular formula is C16H24N2O. The number of rotatable bonds is 2. The summed E-state index contributed by atoms with van der Waals surface area (Å²) in [5, 5.41) is 0. The highest BCUT2D eigenvalue weighted by Gasteiger charge is 2.31. The number of nitrogens with zero attached hydrogens (tertiary/aromatic N) is 1. The first-order chi connectivity index (χ1) is 9.25. The van der Waals surface area contributed by atoms with Crippen LogP contribution in [0.25, 0.3) is 0 Å². The minimum absolute atomic E-state index is 0.304. The molecule has 2 heterocycles. The highest BCUT2D eigenvalue weighted by molar-refractivity contribution is 5.37. The van der Waals surface area contributed by atoms with Crippen LogP contribution in [0.15, 0.2) is 24.3 Å². The van der Waals surface area contributed by atoms with Gasteiger partial charge in [-0.3, -0.25) is 4.90 Å². The second-order valence-corrected chi connectivity index (χ2v) is 5.95. The van der Waals surface area contributed by atoms with Crippen LogP contribution in [0, 0.1) is 5.92 Å². The van der Waals surface area contributed by atoms with E-state index in [0.29, 0.717) is 18.0 Å². The molecule has 1 aromatic rings. The molecule has 3 rings (SSSR count). The SMILES string of the molecule is CC(N)C1CCCN(C2CCOc3ccccc32)C1. The van der Waals surface area contributed by atoms with E-state index in [2.05, 4.69) is 36.1 Å². The quantitative estimate of drug-likeness (QED) is 0.888. The minimum Gasteiger partial charge on any atom is -0.493 e. The Morgan fingerprint density at radius 1 is 1.32 bits per heavy atom. The van der Waals surface area contributed by atoms with E-state index in [4.69, 9.17) is 10.5 Å². The number of likely N-dealkylation sites (tertiary alicyclic amines) is 1. The van der Waals surface area contributed by atoms with E-state index in [1.807, 2.05) is 0 Å². The molecule has 3 atom stereocenters. The summed E-state index contributed by atoms with van der Waals surface area (Å²) in [6.45, 7) is 5.31. The molecular weight excluding hydrogens is 236 g/mol. The normalized spacial score (nSPS) is 29.4. The van der Waals surface area contributed by atoms with Gasteiger partial charge in [0.2, 0.25) is 0 Å². The monoisotopic (exact) mass is 260 g/mol. The Kier molecular flexibility index (Phi) is 3.76. The van der Waals surface area contributed by atoms with Gasteiger partial charge >= 0.3 is 0 Å². The van der Waals surface area contributed by atoms with Crippen LogP contribution >= 0.6 is 0 Å². The first kappa shape index (κ1) is 12.9. The van der Waals surface area contributed by atoms with Crippen molar-refractivity contribution in [1.29, 1.82) is 0 Å². The molecule has 0 saturated carbocycles. The van der Waals surface area contributed by atoms with E-state index in [-0.39, 0.29) is 0 Å². The second-order valence-electron chi connectivity index (χ2n) is 5.95. The lowest BCUT2D eigenvalue weighted by molar-refractivity contribution is 0.0853. The van der Waals surface area contributed by atoms with Crippen molar-refractivity contribution < 1.29 is 4.74 Å². The zero-order valence-corrected chi connectivity index (χ0v) is 11.7. The van der Waals surface area contributed by atoms with E-state index in [9.17, 15) is 0 Å². The van der Waals surface area contributed by atoms with Crippen LogP contribution in [0.4, 0.5) is 0 Å². The van der Waals surface area contributed by atoms with Crippen molar-refractivity contribution in [3.05, 3.63) is 29.8 Å². The second kappa shape index (κ2) is 5.51. The van der Waals surface area contributed by atoms with Gasteiger partial charge in [-0.2, -0.15) is 0 Å². The summed E-state index contributed by atoms with van der Waals surface area (Å²) in [4.78, 5) is 2.62. The van der Waals surface area contributed by atoms with Crippen LogP contribution in [-0.2, 0) is 0 Å². The van der Waals surface area contributed by atoms with Crippen LogP contribution in [-0.4, -0.2) is 30.6 Å². The summed E-state index contributed by atoms with van der Waals surface area (Å²) < 4.78 is 5.77. The fourth-order valence-electron chi connectivity index (χ4n) is 3.46. The number of piperidine rings is 1. The van der Waals surface area contributed by atoms with Crippen LogP contribution in [0.1, 0.15) is 37.8 Å². The summed E-state index contributed by atoms with van der Waals surface area (Å²) in [7, 11) is 0. The highest BCUT2D eigenvalue weighted by atomic mass is 16.5. The average molecular weight is 260 g/mol. The molecule has 0 radical (unpaired) electrons. The molecule has 3 nitrogen and oxygen atoms in total. The Bertz CT molecular complexity index is 433. The topological polar surface area (TPSA) is 38.5 Å². The van der Waals surface area contributed by atoms with Gasteiger partial charge in [0.25, 0.3) is 0 Å². The Labute approximate surface area is 115 Å². The maximum Gasteiger partial charge on any atom is 0.124 e. The maximum atomic E-state index is 6.10. The lowest BCUT2D eigenvalue weighted by Crippen LogP contribution is -2.44. The summed E-state index contributed by atoms with van der Waals surface area (Å²) in [6.07, 6.45) is 3.65. The van der Waals surface area contributed by atoms with Gasteiger partial charge < -0.3 is 10.5 Å². The van der Waals surface area contributed by atoms with Crippen LogP contribution in [0.3, 0.4) is 0 Å². The molecule has 1 aromatic carbocycles. The Morgan fingerprint density at radius 3 is 3.00 bits per heavy atom. The van der Waals surface area contributed by atoms with Crippen LogP contribution in [0.2, 0.25) is 0 Å². The van der Waals surface area contributed by atoms with Crippen molar-refractivity contribution in [2.75, 3.05) is 19.7 Å². The van der Waals surface area contributed by atoms with E-state index >= 15 is 0 Å². The predicted octanol–water partition coefficient (Wildman–Crippen LogP) is 2.57. The molecule has 2 aliphatic rings. The van der Waals surface area contributed by atoms with Gasteiger partial charge in [-0.1, -0.05) is 18.2 Å². The fraction of sp³-hybridized carbons (Fsp3) is 0.625. The number of para-hydroxylation sites is 1. The molecule has 0 aliphatic carbocycles. The van der Waals surface area contributed by atoms with Crippen molar-refractivity contribution in [2.45, 2.75) is 38.3 Å². The molecule has 0 aromatic heterocycles. The lowest BCUT2D eigenvalue weighted by Gasteiger charge is -2.41. The summed E-state index contributed by atoms with van der Waals surface area (Å²) in [5.74, 6) is 1.71. The van der Waals surface area contributed by atoms with Gasteiger partial charge in [0.15, 0.2) is 0 Å². The van der Waals surface area contributed by atoms with Crippen molar-refractivity contribution in [2.24, 2.45) is 11.7 Å². The molecule has 2 aliphatic heterocycles. The van der Waals surface area contributed by atoms with E-state index < -0.39 is 0 Å².